The zero-order valence-corrected chi connectivity index (χ0v) is 17.6. The van der Waals surface area contributed by atoms with E-state index < -0.39 is 18.5 Å². The Morgan fingerprint density at radius 1 is 0.903 bits per heavy atom. The van der Waals surface area contributed by atoms with Gasteiger partial charge in [-0.05, 0) is 30.0 Å². The van der Waals surface area contributed by atoms with Crippen LogP contribution in [-0.4, -0.2) is 36.7 Å². The summed E-state index contributed by atoms with van der Waals surface area (Å²) in [5.74, 6) is -1.61. The molecule has 0 aromatic heterocycles. The third-order valence-electron chi connectivity index (χ3n) is 4.27. The zero-order chi connectivity index (χ0) is 22.6. The predicted molar refractivity (Wildman–Crippen MR) is 117 cm³/mol. The van der Waals surface area contributed by atoms with Crippen molar-refractivity contribution in [3.63, 3.8) is 0 Å². The standard InChI is InChI=1S/C24H26N2O5/c1-17(27)25-14-6-9-19-10-12-21(13-11-19)23(29)16-31-24(30)22(26-18(2)28)15-20-7-4-3-5-8-20/h3-5,7-8,10-13,15H,6,9,14,16H2,1-2H3,(H,25,27)(H,26,28)/b22-15-. The first-order chi connectivity index (χ1) is 14.8. The number of hydrogen-bond donors (Lipinski definition) is 2. The number of hydrogen-bond acceptors (Lipinski definition) is 5. The van der Waals surface area contributed by atoms with Gasteiger partial charge in [-0.2, -0.15) is 0 Å². The van der Waals surface area contributed by atoms with Crippen molar-refractivity contribution >= 4 is 29.6 Å². The summed E-state index contributed by atoms with van der Waals surface area (Å²) in [5, 5.41) is 5.18. The molecule has 0 bridgehead atoms. The number of carbonyl (C=O) groups is 4. The molecule has 0 aliphatic heterocycles. The van der Waals surface area contributed by atoms with E-state index in [-0.39, 0.29) is 17.4 Å². The molecular weight excluding hydrogens is 396 g/mol. The van der Waals surface area contributed by atoms with Crippen molar-refractivity contribution in [1.29, 1.82) is 0 Å². The summed E-state index contributed by atoms with van der Waals surface area (Å²) in [7, 11) is 0. The van der Waals surface area contributed by atoms with Crippen molar-refractivity contribution in [3.8, 4) is 0 Å². The fraction of sp³-hybridized carbons (Fsp3) is 0.250. The summed E-state index contributed by atoms with van der Waals surface area (Å²) >= 11 is 0. The first-order valence-corrected chi connectivity index (χ1v) is 9.93. The van der Waals surface area contributed by atoms with Gasteiger partial charge in [0.2, 0.25) is 11.8 Å². The van der Waals surface area contributed by atoms with Crippen LogP contribution in [0.25, 0.3) is 6.08 Å². The molecule has 0 unspecified atom stereocenters. The molecule has 2 amide bonds. The second kappa shape index (κ2) is 12.1. The lowest BCUT2D eigenvalue weighted by Crippen LogP contribution is -2.27. The second-order valence-corrected chi connectivity index (χ2v) is 6.93. The lowest BCUT2D eigenvalue weighted by Gasteiger charge is -2.09. The van der Waals surface area contributed by atoms with E-state index in [9.17, 15) is 19.2 Å². The van der Waals surface area contributed by atoms with Gasteiger partial charge in [0.05, 0.1) is 0 Å². The summed E-state index contributed by atoms with van der Waals surface area (Å²) in [6.45, 7) is 2.92. The maximum absolute atomic E-state index is 12.4. The largest absolute Gasteiger partial charge is 0.453 e. The number of ketones is 1. The van der Waals surface area contributed by atoms with Gasteiger partial charge in [0.25, 0.3) is 0 Å². The highest BCUT2D eigenvalue weighted by Crippen LogP contribution is 2.10. The Hall–Kier alpha value is -3.74. The van der Waals surface area contributed by atoms with Crippen molar-refractivity contribution in [2.24, 2.45) is 0 Å². The monoisotopic (exact) mass is 422 g/mol. The number of ether oxygens (including phenoxy) is 1. The van der Waals surface area contributed by atoms with Crippen LogP contribution in [0.1, 0.15) is 41.8 Å². The minimum Gasteiger partial charge on any atom is -0.453 e. The van der Waals surface area contributed by atoms with Crippen LogP contribution in [0.3, 0.4) is 0 Å². The van der Waals surface area contributed by atoms with E-state index in [1.54, 1.807) is 36.4 Å². The van der Waals surface area contributed by atoms with Crippen molar-refractivity contribution in [1.82, 2.24) is 10.6 Å². The number of amides is 2. The highest BCUT2D eigenvalue weighted by atomic mass is 16.5. The number of rotatable bonds is 10. The highest BCUT2D eigenvalue weighted by Gasteiger charge is 2.15. The van der Waals surface area contributed by atoms with Crippen LogP contribution in [0.5, 0.6) is 0 Å². The fourth-order valence-corrected chi connectivity index (χ4v) is 2.76. The molecule has 2 aromatic carbocycles. The Balaban J connectivity index is 1.92. The fourth-order valence-electron chi connectivity index (χ4n) is 2.76. The van der Waals surface area contributed by atoms with E-state index in [0.29, 0.717) is 17.7 Å². The van der Waals surface area contributed by atoms with Crippen LogP contribution < -0.4 is 10.6 Å². The number of esters is 1. The summed E-state index contributed by atoms with van der Waals surface area (Å²) in [6.07, 6.45) is 3.06. The van der Waals surface area contributed by atoms with Crippen LogP contribution in [-0.2, 0) is 25.5 Å². The number of aryl methyl sites for hydroxylation is 1. The second-order valence-electron chi connectivity index (χ2n) is 6.93. The highest BCUT2D eigenvalue weighted by molar-refractivity contribution is 6.01. The SMILES string of the molecule is CC(=O)NCCCc1ccc(C(=O)COC(=O)/C(=C/c2ccccc2)NC(C)=O)cc1. The lowest BCUT2D eigenvalue weighted by atomic mass is 10.1. The molecule has 7 heteroatoms. The average molecular weight is 422 g/mol. The quantitative estimate of drug-likeness (QED) is 0.265. The lowest BCUT2D eigenvalue weighted by molar-refractivity contribution is -0.139. The van der Waals surface area contributed by atoms with E-state index >= 15 is 0 Å². The Morgan fingerprint density at radius 2 is 1.58 bits per heavy atom. The molecule has 0 saturated heterocycles. The maximum Gasteiger partial charge on any atom is 0.355 e. The molecule has 0 radical (unpaired) electrons. The molecule has 0 aliphatic rings. The summed E-state index contributed by atoms with van der Waals surface area (Å²) < 4.78 is 5.11. The number of Topliss-reactive ketones (excluding diaryl/α,β-unsaturated/α-hetero) is 1. The van der Waals surface area contributed by atoms with Crippen LogP contribution in [0.4, 0.5) is 0 Å². The number of carbonyl (C=O) groups excluding carboxylic acids is 4. The van der Waals surface area contributed by atoms with Gasteiger partial charge in [0.1, 0.15) is 5.70 Å². The molecule has 162 valence electrons. The molecule has 7 nitrogen and oxygen atoms in total. The normalized spacial score (nSPS) is 10.8. The molecule has 0 atom stereocenters. The number of benzene rings is 2. The third-order valence-corrected chi connectivity index (χ3v) is 4.27. The van der Waals surface area contributed by atoms with Gasteiger partial charge in [0.15, 0.2) is 12.4 Å². The molecule has 0 spiro atoms. The Bertz CT molecular complexity index is 950. The molecule has 31 heavy (non-hydrogen) atoms. The minimum atomic E-state index is -0.790. The van der Waals surface area contributed by atoms with Crippen LogP contribution in [0, 0.1) is 0 Å². The Kier molecular flexibility index (Phi) is 9.16. The smallest absolute Gasteiger partial charge is 0.355 e. The molecular formula is C24H26N2O5. The van der Waals surface area contributed by atoms with E-state index in [4.69, 9.17) is 4.74 Å². The molecule has 0 heterocycles. The summed E-state index contributed by atoms with van der Waals surface area (Å²) in [6, 6.07) is 16.0. The van der Waals surface area contributed by atoms with Crippen molar-refractivity contribution in [3.05, 3.63) is 77.0 Å². The molecule has 0 aliphatic carbocycles. The van der Waals surface area contributed by atoms with Crippen LogP contribution in [0.15, 0.2) is 60.3 Å². The molecule has 2 N–H and O–H groups in total. The summed E-state index contributed by atoms with van der Waals surface area (Å²) in [4.78, 5) is 47.0. The Morgan fingerprint density at radius 3 is 2.19 bits per heavy atom. The number of nitrogens with one attached hydrogen (secondary N) is 2. The van der Waals surface area contributed by atoms with E-state index in [2.05, 4.69) is 10.6 Å². The minimum absolute atomic E-state index is 0.0407. The van der Waals surface area contributed by atoms with Crippen molar-refractivity contribution in [2.75, 3.05) is 13.2 Å². The van der Waals surface area contributed by atoms with Gasteiger partial charge in [-0.25, -0.2) is 4.79 Å². The topological polar surface area (TPSA) is 102 Å². The molecule has 0 saturated carbocycles. The van der Waals surface area contributed by atoms with E-state index in [1.165, 1.54) is 19.9 Å². The Labute approximate surface area is 181 Å². The zero-order valence-electron chi connectivity index (χ0n) is 17.6. The van der Waals surface area contributed by atoms with E-state index in [0.717, 1.165) is 18.4 Å². The molecule has 2 aromatic rings. The maximum atomic E-state index is 12.4. The van der Waals surface area contributed by atoms with Gasteiger partial charge in [0, 0.05) is 26.0 Å². The summed E-state index contributed by atoms with van der Waals surface area (Å²) in [5.41, 5.74) is 2.13. The molecule has 2 rings (SSSR count). The van der Waals surface area contributed by atoms with Crippen LogP contribution in [0.2, 0.25) is 0 Å². The van der Waals surface area contributed by atoms with Gasteiger partial charge in [-0.1, -0.05) is 54.6 Å². The molecule has 0 fully saturated rings. The van der Waals surface area contributed by atoms with Gasteiger partial charge in [-0.15, -0.1) is 0 Å². The van der Waals surface area contributed by atoms with Gasteiger partial charge >= 0.3 is 5.97 Å². The van der Waals surface area contributed by atoms with Gasteiger partial charge in [-0.3, -0.25) is 14.4 Å². The third kappa shape index (κ3) is 8.65. The predicted octanol–water partition coefficient (Wildman–Crippen LogP) is 2.66. The van der Waals surface area contributed by atoms with Crippen LogP contribution >= 0.6 is 0 Å². The first kappa shape index (κ1) is 23.5. The van der Waals surface area contributed by atoms with Gasteiger partial charge < -0.3 is 15.4 Å². The first-order valence-electron chi connectivity index (χ1n) is 9.93. The van der Waals surface area contributed by atoms with Crippen molar-refractivity contribution < 1.29 is 23.9 Å². The average Bonchev–Trinajstić information content (AvgIpc) is 2.75. The van der Waals surface area contributed by atoms with E-state index in [1.807, 2.05) is 18.2 Å². The van der Waals surface area contributed by atoms with Crippen molar-refractivity contribution in [2.45, 2.75) is 26.7 Å².